The largest absolute Gasteiger partial charge is 0.493 e. The molecule has 0 aliphatic carbocycles. The Hall–Kier alpha value is -3.60. The van der Waals surface area contributed by atoms with Crippen molar-refractivity contribution in [3.63, 3.8) is 0 Å². The van der Waals surface area contributed by atoms with Gasteiger partial charge in [0.15, 0.2) is 0 Å². The highest BCUT2D eigenvalue weighted by Crippen LogP contribution is 2.34. The van der Waals surface area contributed by atoms with Crippen molar-refractivity contribution in [2.45, 2.75) is 53.0 Å². The summed E-state index contributed by atoms with van der Waals surface area (Å²) >= 11 is 0. The lowest BCUT2D eigenvalue weighted by Crippen LogP contribution is -2.24. The monoisotopic (exact) mass is 467 g/mol. The SMILES string of the molecule is Cc1ccc(OCCCn2c(C3CC(=O)N(c4ccc(C)c(C)c4)C3)nc3ccccc32)c(C)c1. The molecule has 1 fully saturated rings. The van der Waals surface area contributed by atoms with Crippen molar-refractivity contribution in [3.8, 4) is 5.75 Å². The van der Waals surface area contributed by atoms with Crippen molar-refractivity contribution >= 4 is 22.6 Å². The maximum absolute atomic E-state index is 13.0. The number of hydrogen-bond donors (Lipinski definition) is 0. The van der Waals surface area contributed by atoms with Gasteiger partial charge in [-0.15, -0.1) is 0 Å². The molecule has 1 amide bonds. The molecule has 1 atom stereocenters. The number of benzene rings is 3. The third-order valence-electron chi connectivity index (χ3n) is 7.09. The number of ether oxygens (including phenoxy) is 1. The van der Waals surface area contributed by atoms with E-state index >= 15 is 0 Å². The van der Waals surface area contributed by atoms with Gasteiger partial charge in [0.05, 0.1) is 17.6 Å². The Morgan fingerprint density at radius 2 is 1.77 bits per heavy atom. The minimum absolute atomic E-state index is 0.0665. The molecular weight excluding hydrogens is 434 g/mol. The Kier molecular flexibility index (Phi) is 6.33. The van der Waals surface area contributed by atoms with Gasteiger partial charge in [0.2, 0.25) is 5.91 Å². The van der Waals surface area contributed by atoms with E-state index in [1.807, 2.05) is 17.0 Å². The van der Waals surface area contributed by atoms with Crippen LogP contribution in [0.5, 0.6) is 5.75 Å². The van der Waals surface area contributed by atoms with E-state index < -0.39 is 0 Å². The summed E-state index contributed by atoms with van der Waals surface area (Å²) in [5.74, 6) is 2.17. The number of para-hydroxylation sites is 2. The lowest BCUT2D eigenvalue weighted by Gasteiger charge is -2.18. The fraction of sp³-hybridized carbons (Fsp3) is 0.333. The minimum atomic E-state index is 0.0665. The number of aryl methyl sites for hydroxylation is 5. The smallest absolute Gasteiger partial charge is 0.227 e. The number of fused-ring (bicyclic) bond motifs is 1. The summed E-state index contributed by atoms with van der Waals surface area (Å²) in [5, 5.41) is 0. The van der Waals surface area contributed by atoms with Crippen LogP contribution in [0.1, 0.15) is 46.8 Å². The average Bonchev–Trinajstić information content (AvgIpc) is 3.40. The van der Waals surface area contributed by atoms with E-state index in [9.17, 15) is 4.79 Å². The molecule has 1 saturated heterocycles. The molecule has 0 saturated carbocycles. The molecule has 1 aliphatic heterocycles. The zero-order valence-electron chi connectivity index (χ0n) is 21.0. The fourth-order valence-electron chi connectivity index (χ4n) is 5.03. The molecule has 0 bridgehead atoms. The predicted molar refractivity (Wildman–Crippen MR) is 141 cm³/mol. The van der Waals surface area contributed by atoms with Crippen LogP contribution >= 0.6 is 0 Å². The number of carbonyl (C=O) groups excluding carboxylic acids is 1. The molecule has 5 rings (SSSR count). The number of aromatic nitrogens is 2. The summed E-state index contributed by atoms with van der Waals surface area (Å²) < 4.78 is 8.38. The molecule has 0 N–H and O–H groups in total. The van der Waals surface area contributed by atoms with Gasteiger partial charge in [-0.3, -0.25) is 4.79 Å². The van der Waals surface area contributed by atoms with Crippen molar-refractivity contribution in [2.75, 3.05) is 18.1 Å². The van der Waals surface area contributed by atoms with Gasteiger partial charge in [-0.1, -0.05) is 35.9 Å². The third-order valence-corrected chi connectivity index (χ3v) is 7.09. The summed E-state index contributed by atoms with van der Waals surface area (Å²) in [7, 11) is 0. The molecular formula is C30H33N3O2. The summed E-state index contributed by atoms with van der Waals surface area (Å²) in [6.45, 7) is 10.5. The summed E-state index contributed by atoms with van der Waals surface area (Å²) in [6, 6.07) is 20.8. The Morgan fingerprint density at radius 1 is 0.943 bits per heavy atom. The van der Waals surface area contributed by atoms with Crippen LogP contribution in [0.25, 0.3) is 11.0 Å². The van der Waals surface area contributed by atoms with Crippen molar-refractivity contribution in [1.29, 1.82) is 0 Å². The van der Waals surface area contributed by atoms with Crippen molar-refractivity contribution in [1.82, 2.24) is 9.55 Å². The van der Waals surface area contributed by atoms with Gasteiger partial charge in [-0.05, 0) is 81.1 Å². The van der Waals surface area contributed by atoms with E-state index in [4.69, 9.17) is 9.72 Å². The van der Waals surface area contributed by atoms with Gasteiger partial charge in [-0.25, -0.2) is 4.98 Å². The number of nitrogens with zero attached hydrogens (tertiary/aromatic N) is 3. The van der Waals surface area contributed by atoms with Gasteiger partial charge in [0.1, 0.15) is 11.6 Å². The molecule has 5 nitrogen and oxygen atoms in total. The lowest BCUT2D eigenvalue weighted by molar-refractivity contribution is -0.117. The van der Waals surface area contributed by atoms with E-state index in [-0.39, 0.29) is 11.8 Å². The Bertz CT molecular complexity index is 1390. The van der Waals surface area contributed by atoms with E-state index in [0.29, 0.717) is 19.6 Å². The van der Waals surface area contributed by atoms with E-state index in [0.717, 1.165) is 46.8 Å². The second-order valence-corrected chi connectivity index (χ2v) is 9.76. The predicted octanol–water partition coefficient (Wildman–Crippen LogP) is 6.26. The van der Waals surface area contributed by atoms with Crippen molar-refractivity contribution < 1.29 is 9.53 Å². The number of anilines is 1. The fourth-order valence-corrected chi connectivity index (χ4v) is 5.03. The molecule has 1 unspecified atom stereocenters. The summed E-state index contributed by atoms with van der Waals surface area (Å²) in [6.07, 6.45) is 1.34. The normalized spacial score (nSPS) is 15.8. The molecule has 180 valence electrons. The first-order chi connectivity index (χ1) is 16.9. The number of rotatable bonds is 7. The van der Waals surface area contributed by atoms with Crippen molar-refractivity contribution in [3.05, 3.63) is 88.7 Å². The molecule has 1 aliphatic rings. The van der Waals surface area contributed by atoms with Crippen LogP contribution in [0.4, 0.5) is 5.69 Å². The molecule has 0 spiro atoms. The zero-order valence-corrected chi connectivity index (χ0v) is 21.0. The zero-order chi connectivity index (χ0) is 24.5. The average molecular weight is 468 g/mol. The highest BCUT2D eigenvalue weighted by atomic mass is 16.5. The first kappa shape index (κ1) is 23.2. The second kappa shape index (κ2) is 9.57. The highest BCUT2D eigenvalue weighted by Gasteiger charge is 2.34. The van der Waals surface area contributed by atoms with E-state index in [2.05, 4.69) is 80.8 Å². The standard InChI is InChI=1S/C30H33N3O2/c1-20-10-13-28(23(4)16-20)35-15-7-14-32-27-9-6-5-8-26(27)31-30(32)24-18-29(34)33(19-24)25-12-11-21(2)22(3)17-25/h5-6,8-13,16-17,24H,7,14-15,18-19H2,1-4H3. The van der Waals surface area contributed by atoms with E-state index in [1.165, 1.54) is 16.7 Å². The molecule has 5 heteroatoms. The topological polar surface area (TPSA) is 47.4 Å². The number of carbonyl (C=O) groups is 1. The Balaban J connectivity index is 1.35. The van der Waals surface area contributed by atoms with Gasteiger partial charge in [0.25, 0.3) is 0 Å². The first-order valence-electron chi connectivity index (χ1n) is 12.4. The van der Waals surface area contributed by atoms with Gasteiger partial charge < -0.3 is 14.2 Å². The Morgan fingerprint density at radius 3 is 2.57 bits per heavy atom. The summed E-state index contributed by atoms with van der Waals surface area (Å²) in [5.41, 5.74) is 7.92. The molecule has 35 heavy (non-hydrogen) atoms. The molecule has 3 aromatic carbocycles. The highest BCUT2D eigenvalue weighted by molar-refractivity contribution is 5.96. The van der Waals surface area contributed by atoms with Crippen LogP contribution in [-0.2, 0) is 11.3 Å². The third kappa shape index (κ3) is 4.68. The first-order valence-corrected chi connectivity index (χ1v) is 12.4. The second-order valence-electron chi connectivity index (χ2n) is 9.76. The van der Waals surface area contributed by atoms with Gasteiger partial charge in [0, 0.05) is 31.1 Å². The van der Waals surface area contributed by atoms with Crippen LogP contribution in [0.2, 0.25) is 0 Å². The van der Waals surface area contributed by atoms with Crippen LogP contribution in [0.15, 0.2) is 60.7 Å². The number of imidazole rings is 1. The molecule has 0 radical (unpaired) electrons. The maximum Gasteiger partial charge on any atom is 0.227 e. The van der Waals surface area contributed by atoms with Crippen molar-refractivity contribution in [2.24, 2.45) is 0 Å². The summed E-state index contributed by atoms with van der Waals surface area (Å²) in [4.78, 5) is 19.9. The number of hydrogen-bond acceptors (Lipinski definition) is 3. The molecule has 4 aromatic rings. The van der Waals surface area contributed by atoms with Gasteiger partial charge in [-0.2, -0.15) is 0 Å². The maximum atomic E-state index is 13.0. The number of amides is 1. The van der Waals surface area contributed by atoms with Crippen LogP contribution < -0.4 is 9.64 Å². The quantitative estimate of drug-likeness (QED) is 0.301. The van der Waals surface area contributed by atoms with Gasteiger partial charge >= 0.3 is 0 Å². The molecule has 1 aromatic heterocycles. The van der Waals surface area contributed by atoms with E-state index in [1.54, 1.807) is 0 Å². The van der Waals surface area contributed by atoms with Crippen LogP contribution in [-0.4, -0.2) is 28.6 Å². The Labute approximate surface area is 207 Å². The lowest BCUT2D eigenvalue weighted by atomic mass is 10.1. The van der Waals surface area contributed by atoms with Crippen LogP contribution in [0.3, 0.4) is 0 Å². The van der Waals surface area contributed by atoms with Crippen LogP contribution in [0, 0.1) is 27.7 Å². The molecule has 2 heterocycles. The minimum Gasteiger partial charge on any atom is -0.493 e.